The fourth-order valence-electron chi connectivity index (χ4n) is 3.86. The van der Waals surface area contributed by atoms with E-state index in [0.29, 0.717) is 24.5 Å². The Morgan fingerprint density at radius 2 is 2.03 bits per heavy atom. The Morgan fingerprint density at radius 1 is 1.20 bits per heavy atom. The van der Waals surface area contributed by atoms with E-state index in [1.54, 1.807) is 6.20 Å². The molecule has 7 nitrogen and oxygen atoms in total. The number of nitrogens with one attached hydrogen (secondary N) is 2. The summed E-state index contributed by atoms with van der Waals surface area (Å²) in [6.45, 7) is 9.29. The summed E-state index contributed by atoms with van der Waals surface area (Å²) < 4.78 is 7.91. The van der Waals surface area contributed by atoms with Gasteiger partial charge in [0.05, 0.1) is 24.0 Å². The Balaban J connectivity index is 1.55. The molecule has 0 unspecified atom stereocenters. The fourth-order valence-corrected chi connectivity index (χ4v) is 3.86. The zero-order valence-electron chi connectivity index (χ0n) is 17.6. The predicted octanol–water partition coefficient (Wildman–Crippen LogP) is 3.51. The molecule has 2 aromatic heterocycles. The molecule has 1 amide bonds. The summed E-state index contributed by atoms with van der Waals surface area (Å²) in [4.78, 5) is 19.8. The molecule has 1 aromatic carbocycles. The van der Waals surface area contributed by atoms with Gasteiger partial charge in [-0.2, -0.15) is 0 Å². The van der Waals surface area contributed by atoms with Gasteiger partial charge in [-0.1, -0.05) is 13.0 Å². The third-order valence-corrected chi connectivity index (χ3v) is 5.36. The number of hydrogen-bond donors (Lipinski definition) is 2. The molecule has 30 heavy (non-hydrogen) atoms. The van der Waals surface area contributed by atoms with Crippen molar-refractivity contribution in [2.75, 3.05) is 43.0 Å². The second kappa shape index (κ2) is 9.17. The number of nitrogens with zero attached hydrogens (tertiary/aromatic N) is 3. The first kappa shape index (κ1) is 20.2. The third-order valence-electron chi connectivity index (χ3n) is 5.36. The third kappa shape index (κ3) is 4.11. The van der Waals surface area contributed by atoms with Gasteiger partial charge in [-0.3, -0.25) is 4.79 Å². The van der Waals surface area contributed by atoms with E-state index in [9.17, 15) is 4.79 Å². The highest BCUT2D eigenvalue weighted by atomic mass is 16.5. The van der Waals surface area contributed by atoms with E-state index in [-0.39, 0.29) is 5.91 Å². The summed E-state index contributed by atoms with van der Waals surface area (Å²) >= 11 is 0. The van der Waals surface area contributed by atoms with E-state index in [2.05, 4.69) is 27.4 Å². The van der Waals surface area contributed by atoms with Crippen LogP contribution in [-0.2, 0) is 6.54 Å². The van der Waals surface area contributed by atoms with Gasteiger partial charge in [-0.25, -0.2) is 4.98 Å². The molecule has 0 radical (unpaired) electrons. The average Bonchev–Trinajstić information content (AvgIpc) is 3.18. The van der Waals surface area contributed by atoms with Gasteiger partial charge in [0.15, 0.2) is 0 Å². The number of amides is 1. The second-order valence-electron chi connectivity index (χ2n) is 7.41. The molecule has 7 heteroatoms. The molecule has 1 aliphatic rings. The molecular formula is C23H29N5O2. The molecule has 1 saturated heterocycles. The molecule has 1 fully saturated rings. The number of pyridine rings is 1. The minimum absolute atomic E-state index is 0.147. The van der Waals surface area contributed by atoms with Crippen molar-refractivity contribution in [1.29, 1.82) is 0 Å². The molecule has 4 rings (SSSR count). The molecule has 0 spiro atoms. The summed E-state index contributed by atoms with van der Waals surface area (Å²) in [6.07, 6.45) is 2.67. The predicted molar refractivity (Wildman–Crippen MR) is 121 cm³/mol. The number of fused-ring (bicyclic) bond motifs is 1. The number of hydrogen-bond acceptors (Lipinski definition) is 5. The Bertz CT molecular complexity index is 1010. The van der Waals surface area contributed by atoms with Gasteiger partial charge in [0.25, 0.3) is 5.91 Å². The van der Waals surface area contributed by atoms with Crippen molar-refractivity contribution in [3.8, 4) is 5.75 Å². The molecule has 158 valence electrons. The maximum absolute atomic E-state index is 13.1. The van der Waals surface area contributed by atoms with E-state index >= 15 is 0 Å². The van der Waals surface area contributed by atoms with Crippen LogP contribution in [-0.4, -0.2) is 48.2 Å². The average molecular weight is 408 g/mol. The maximum atomic E-state index is 13.1. The van der Waals surface area contributed by atoms with Gasteiger partial charge >= 0.3 is 0 Å². The van der Waals surface area contributed by atoms with Gasteiger partial charge in [0.1, 0.15) is 17.3 Å². The number of benzene rings is 1. The van der Waals surface area contributed by atoms with Crippen LogP contribution in [0.4, 0.5) is 11.5 Å². The van der Waals surface area contributed by atoms with Crippen LogP contribution in [0.1, 0.15) is 30.8 Å². The monoisotopic (exact) mass is 407 g/mol. The van der Waals surface area contributed by atoms with Crippen LogP contribution in [0, 0.1) is 0 Å². The smallest absolute Gasteiger partial charge is 0.272 e. The summed E-state index contributed by atoms with van der Waals surface area (Å²) in [5.74, 6) is 1.61. The number of aryl methyl sites for hydroxylation is 1. The Labute approximate surface area is 177 Å². The van der Waals surface area contributed by atoms with Crippen LogP contribution < -0.4 is 20.3 Å². The standard InChI is InChI=1S/C23H29N5O2/c1-3-14-30-21-7-5-6-19-18(21)15-20(28(19)4-2)23(29)26-17-8-9-22(25-16-17)27-12-10-24-11-13-27/h5-9,15-16,24H,3-4,10-14H2,1-2H3,(H,26,29). The van der Waals surface area contributed by atoms with Crippen molar-refractivity contribution in [2.45, 2.75) is 26.8 Å². The first-order valence-corrected chi connectivity index (χ1v) is 10.7. The number of anilines is 2. The second-order valence-corrected chi connectivity index (χ2v) is 7.41. The topological polar surface area (TPSA) is 71.4 Å². The van der Waals surface area contributed by atoms with Crippen molar-refractivity contribution >= 4 is 28.3 Å². The SMILES string of the molecule is CCCOc1cccc2c1cc(C(=O)Nc1ccc(N3CCNCC3)nc1)n2CC. The van der Waals surface area contributed by atoms with Crippen LogP contribution in [0.15, 0.2) is 42.6 Å². The van der Waals surface area contributed by atoms with Crippen LogP contribution in [0.25, 0.3) is 10.9 Å². The maximum Gasteiger partial charge on any atom is 0.272 e. The minimum atomic E-state index is -0.147. The lowest BCUT2D eigenvalue weighted by Crippen LogP contribution is -2.43. The highest BCUT2D eigenvalue weighted by Gasteiger charge is 2.18. The molecule has 1 aliphatic heterocycles. The van der Waals surface area contributed by atoms with Gasteiger partial charge in [-0.15, -0.1) is 0 Å². The van der Waals surface area contributed by atoms with Crippen LogP contribution in [0.5, 0.6) is 5.75 Å². The fraction of sp³-hybridized carbons (Fsp3) is 0.391. The van der Waals surface area contributed by atoms with Gasteiger partial charge in [0, 0.05) is 38.1 Å². The van der Waals surface area contributed by atoms with Crippen molar-refractivity contribution in [2.24, 2.45) is 0 Å². The van der Waals surface area contributed by atoms with E-state index in [0.717, 1.165) is 55.1 Å². The molecule has 2 N–H and O–H groups in total. The van der Waals surface area contributed by atoms with Gasteiger partial charge < -0.3 is 24.8 Å². The lowest BCUT2D eigenvalue weighted by molar-refractivity contribution is 0.101. The molecular weight excluding hydrogens is 378 g/mol. The minimum Gasteiger partial charge on any atom is -0.493 e. The van der Waals surface area contributed by atoms with Crippen LogP contribution in [0.2, 0.25) is 0 Å². The first-order valence-electron chi connectivity index (χ1n) is 10.7. The Kier molecular flexibility index (Phi) is 6.18. The highest BCUT2D eigenvalue weighted by molar-refractivity contribution is 6.07. The normalized spacial score (nSPS) is 14.1. The number of carbonyl (C=O) groups excluding carboxylic acids is 1. The van der Waals surface area contributed by atoms with E-state index in [4.69, 9.17) is 4.74 Å². The molecule has 0 atom stereocenters. The Hall–Kier alpha value is -3.06. The largest absolute Gasteiger partial charge is 0.493 e. The molecule has 3 heterocycles. The summed E-state index contributed by atoms with van der Waals surface area (Å²) in [5.41, 5.74) is 2.31. The molecule has 3 aromatic rings. The number of piperazine rings is 1. The number of ether oxygens (including phenoxy) is 1. The van der Waals surface area contributed by atoms with E-state index < -0.39 is 0 Å². The number of rotatable bonds is 7. The molecule has 0 bridgehead atoms. The molecule has 0 aliphatic carbocycles. The number of aromatic nitrogens is 2. The van der Waals surface area contributed by atoms with E-state index in [1.807, 2.05) is 47.9 Å². The first-order chi connectivity index (χ1) is 14.7. The van der Waals surface area contributed by atoms with Crippen LogP contribution in [0.3, 0.4) is 0 Å². The van der Waals surface area contributed by atoms with Crippen LogP contribution >= 0.6 is 0 Å². The van der Waals surface area contributed by atoms with Gasteiger partial charge in [-0.05, 0) is 43.7 Å². The van der Waals surface area contributed by atoms with Gasteiger partial charge in [0.2, 0.25) is 0 Å². The van der Waals surface area contributed by atoms with Crippen molar-refractivity contribution in [1.82, 2.24) is 14.9 Å². The zero-order valence-corrected chi connectivity index (χ0v) is 17.6. The summed E-state index contributed by atoms with van der Waals surface area (Å²) in [6, 6.07) is 11.8. The zero-order chi connectivity index (χ0) is 20.9. The van der Waals surface area contributed by atoms with Crippen molar-refractivity contribution < 1.29 is 9.53 Å². The lowest BCUT2D eigenvalue weighted by atomic mass is 10.2. The summed E-state index contributed by atoms with van der Waals surface area (Å²) in [5, 5.41) is 7.30. The molecule has 0 saturated carbocycles. The summed E-state index contributed by atoms with van der Waals surface area (Å²) in [7, 11) is 0. The van der Waals surface area contributed by atoms with Crippen molar-refractivity contribution in [3.05, 3.63) is 48.3 Å². The van der Waals surface area contributed by atoms with Crippen molar-refractivity contribution in [3.63, 3.8) is 0 Å². The number of carbonyl (C=O) groups is 1. The highest BCUT2D eigenvalue weighted by Crippen LogP contribution is 2.29. The lowest BCUT2D eigenvalue weighted by Gasteiger charge is -2.28. The Morgan fingerprint density at radius 3 is 2.73 bits per heavy atom. The van der Waals surface area contributed by atoms with E-state index in [1.165, 1.54) is 0 Å². The quantitative estimate of drug-likeness (QED) is 0.627.